The topological polar surface area (TPSA) is 110 Å². The number of methoxy groups -OCH3 is 1. The lowest BCUT2D eigenvalue weighted by molar-refractivity contribution is -0.384. The molecule has 1 fully saturated rings. The average molecular weight is 407 g/mol. The summed E-state index contributed by atoms with van der Waals surface area (Å²) in [6.45, 7) is 4.93. The predicted octanol–water partition coefficient (Wildman–Crippen LogP) is 2.49. The summed E-state index contributed by atoms with van der Waals surface area (Å²) in [5.74, 6) is 2.56. The van der Waals surface area contributed by atoms with Crippen LogP contribution in [-0.4, -0.2) is 58.1 Å². The third kappa shape index (κ3) is 4.12. The first-order chi connectivity index (χ1) is 14.5. The van der Waals surface area contributed by atoms with Gasteiger partial charge in [-0.25, -0.2) is 9.97 Å². The summed E-state index contributed by atoms with van der Waals surface area (Å²) in [5.41, 5.74) is 1.45. The number of nitro benzene ring substituents is 1. The average Bonchev–Trinajstić information content (AvgIpc) is 2.79. The van der Waals surface area contributed by atoms with Gasteiger partial charge in [0, 0.05) is 55.6 Å². The van der Waals surface area contributed by atoms with Crippen molar-refractivity contribution in [2.75, 3.05) is 43.1 Å². The molecular weight excluding hydrogens is 386 g/mol. The van der Waals surface area contributed by atoms with Crippen molar-refractivity contribution in [3.8, 4) is 17.3 Å². The number of rotatable bonds is 5. The lowest BCUT2D eigenvalue weighted by Gasteiger charge is -2.36. The van der Waals surface area contributed by atoms with Crippen LogP contribution < -0.4 is 14.5 Å². The lowest BCUT2D eigenvalue weighted by Crippen LogP contribution is -2.47. The highest BCUT2D eigenvalue weighted by Gasteiger charge is 2.21. The molecular formula is C20H21N7O3. The molecule has 0 unspecified atom stereocenters. The van der Waals surface area contributed by atoms with Crippen molar-refractivity contribution in [1.29, 1.82) is 0 Å². The fraction of sp³-hybridized carbons (Fsp3) is 0.300. The molecule has 10 heteroatoms. The molecule has 0 radical (unpaired) electrons. The zero-order valence-corrected chi connectivity index (χ0v) is 16.7. The molecule has 3 aromatic rings. The Morgan fingerprint density at radius 1 is 1.00 bits per heavy atom. The molecule has 0 saturated carbocycles. The van der Waals surface area contributed by atoms with Gasteiger partial charge in [-0.15, -0.1) is 0 Å². The summed E-state index contributed by atoms with van der Waals surface area (Å²) in [5, 5.41) is 11.1. The largest absolute Gasteiger partial charge is 0.480 e. The van der Waals surface area contributed by atoms with Gasteiger partial charge in [0.15, 0.2) is 11.6 Å². The van der Waals surface area contributed by atoms with E-state index in [9.17, 15) is 10.1 Å². The first kappa shape index (κ1) is 19.5. The standard InChI is InChI=1S/C20H21N7O3/c1-14-10-17(24-20(22-14)15-4-3-5-16(11-15)27(28)29)25-6-8-26(9-7-25)18-12-21-13-19(23-18)30-2/h3-5,10-13H,6-9H2,1-2H3. The van der Waals surface area contributed by atoms with Crippen LogP contribution in [0.5, 0.6) is 5.88 Å². The fourth-order valence-corrected chi connectivity index (χ4v) is 3.36. The second kappa shape index (κ2) is 8.27. The maximum absolute atomic E-state index is 11.1. The Bertz CT molecular complexity index is 1070. The molecule has 1 aliphatic rings. The van der Waals surface area contributed by atoms with Crippen molar-refractivity contribution in [2.24, 2.45) is 0 Å². The molecule has 3 heterocycles. The Balaban J connectivity index is 1.53. The number of non-ortho nitro benzene ring substituents is 1. The second-order valence-corrected chi connectivity index (χ2v) is 6.89. The molecule has 30 heavy (non-hydrogen) atoms. The Morgan fingerprint density at radius 2 is 1.73 bits per heavy atom. The summed E-state index contributed by atoms with van der Waals surface area (Å²) < 4.78 is 5.16. The van der Waals surface area contributed by atoms with Gasteiger partial charge in [0.1, 0.15) is 5.82 Å². The molecule has 0 aliphatic carbocycles. The first-order valence-corrected chi connectivity index (χ1v) is 9.50. The Morgan fingerprint density at radius 3 is 2.43 bits per heavy atom. The van der Waals surface area contributed by atoms with E-state index < -0.39 is 4.92 Å². The zero-order chi connectivity index (χ0) is 21.1. The molecule has 2 aromatic heterocycles. The minimum atomic E-state index is -0.416. The number of nitro groups is 1. The lowest BCUT2D eigenvalue weighted by atomic mass is 10.2. The van der Waals surface area contributed by atoms with Crippen LogP contribution in [0.1, 0.15) is 5.69 Å². The van der Waals surface area contributed by atoms with Gasteiger partial charge in [0.25, 0.3) is 5.69 Å². The van der Waals surface area contributed by atoms with Crippen molar-refractivity contribution in [1.82, 2.24) is 19.9 Å². The predicted molar refractivity (Wildman–Crippen MR) is 112 cm³/mol. The van der Waals surface area contributed by atoms with Gasteiger partial charge in [0.2, 0.25) is 5.88 Å². The van der Waals surface area contributed by atoms with Gasteiger partial charge >= 0.3 is 0 Å². The SMILES string of the molecule is COc1cncc(N2CCN(c3cc(C)nc(-c4cccc([N+](=O)[O-])c4)n3)CC2)n1. The number of hydrogen-bond acceptors (Lipinski definition) is 9. The number of anilines is 2. The van der Waals surface area contributed by atoms with Crippen LogP contribution in [0.4, 0.5) is 17.3 Å². The van der Waals surface area contributed by atoms with E-state index >= 15 is 0 Å². The van der Waals surface area contributed by atoms with Crippen molar-refractivity contribution >= 4 is 17.3 Å². The van der Waals surface area contributed by atoms with Crippen LogP contribution in [0.3, 0.4) is 0 Å². The van der Waals surface area contributed by atoms with Crippen LogP contribution in [-0.2, 0) is 0 Å². The Labute approximate surface area is 173 Å². The molecule has 1 saturated heterocycles. The van der Waals surface area contributed by atoms with Crippen LogP contribution >= 0.6 is 0 Å². The van der Waals surface area contributed by atoms with E-state index in [-0.39, 0.29) is 5.69 Å². The highest BCUT2D eigenvalue weighted by molar-refractivity contribution is 5.61. The monoisotopic (exact) mass is 407 g/mol. The number of aryl methyl sites for hydroxylation is 1. The van der Waals surface area contributed by atoms with E-state index in [1.54, 1.807) is 31.6 Å². The molecule has 0 bridgehead atoms. The number of aromatic nitrogens is 4. The summed E-state index contributed by atoms with van der Waals surface area (Å²) in [6, 6.07) is 8.32. The van der Waals surface area contributed by atoms with Crippen LogP contribution in [0.2, 0.25) is 0 Å². The van der Waals surface area contributed by atoms with Crippen LogP contribution in [0.15, 0.2) is 42.7 Å². The van der Waals surface area contributed by atoms with Gasteiger partial charge in [-0.05, 0) is 6.92 Å². The molecule has 154 valence electrons. The number of hydrogen-bond donors (Lipinski definition) is 0. The van der Waals surface area contributed by atoms with Gasteiger partial charge in [-0.3, -0.25) is 15.1 Å². The molecule has 0 N–H and O–H groups in total. The highest BCUT2D eigenvalue weighted by Crippen LogP contribution is 2.25. The Kier molecular flexibility index (Phi) is 5.38. The number of piperazine rings is 1. The second-order valence-electron chi connectivity index (χ2n) is 6.89. The van der Waals surface area contributed by atoms with Gasteiger partial charge in [-0.2, -0.15) is 4.98 Å². The smallest absolute Gasteiger partial charge is 0.270 e. The van der Waals surface area contributed by atoms with E-state index in [0.29, 0.717) is 17.3 Å². The van der Waals surface area contributed by atoms with Gasteiger partial charge in [0.05, 0.1) is 24.4 Å². The summed E-state index contributed by atoms with van der Waals surface area (Å²) in [7, 11) is 1.57. The molecule has 1 aliphatic heterocycles. The molecule has 0 amide bonds. The van der Waals surface area contributed by atoms with Gasteiger partial charge < -0.3 is 14.5 Å². The quantitative estimate of drug-likeness (QED) is 0.465. The van der Waals surface area contributed by atoms with Gasteiger partial charge in [-0.1, -0.05) is 12.1 Å². The van der Waals surface area contributed by atoms with Crippen molar-refractivity contribution < 1.29 is 9.66 Å². The first-order valence-electron chi connectivity index (χ1n) is 9.50. The zero-order valence-electron chi connectivity index (χ0n) is 16.7. The van der Waals surface area contributed by atoms with E-state index in [0.717, 1.165) is 43.5 Å². The van der Waals surface area contributed by atoms with Crippen molar-refractivity contribution in [3.63, 3.8) is 0 Å². The summed E-state index contributed by atoms with van der Waals surface area (Å²) >= 11 is 0. The number of ether oxygens (including phenoxy) is 1. The molecule has 1 aromatic carbocycles. The third-order valence-electron chi connectivity index (χ3n) is 4.89. The normalized spacial score (nSPS) is 13.9. The maximum atomic E-state index is 11.1. The molecule has 4 rings (SSSR count). The minimum Gasteiger partial charge on any atom is -0.480 e. The van der Waals surface area contributed by atoms with E-state index in [1.807, 2.05) is 13.0 Å². The molecule has 10 nitrogen and oxygen atoms in total. The summed E-state index contributed by atoms with van der Waals surface area (Å²) in [6.07, 6.45) is 3.31. The van der Waals surface area contributed by atoms with Crippen molar-refractivity contribution in [2.45, 2.75) is 6.92 Å². The molecule has 0 spiro atoms. The number of benzene rings is 1. The third-order valence-corrected chi connectivity index (χ3v) is 4.89. The van der Waals surface area contributed by atoms with Crippen molar-refractivity contribution in [3.05, 3.63) is 58.5 Å². The van der Waals surface area contributed by atoms with Crippen LogP contribution in [0, 0.1) is 17.0 Å². The fourth-order valence-electron chi connectivity index (χ4n) is 3.36. The van der Waals surface area contributed by atoms with E-state index in [4.69, 9.17) is 4.74 Å². The van der Waals surface area contributed by atoms with E-state index in [2.05, 4.69) is 29.7 Å². The maximum Gasteiger partial charge on any atom is 0.270 e. The highest BCUT2D eigenvalue weighted by atomic mass is 16.6. The Hall–Kier alpha value is -3.82. The number of nitrogens with zero attached hydrogens (tertiary/aromatic N) is 7. The minimum absolute atomic E-state index is 0.0205. The summed E-state index contributed by atoms with van der Waals surface area (Å²) in [4.78, 5) is 32.8. The van der Waals surface area contributed by atoms with E-state index in [1.165, 1.54) is 12.1 Å². The van der Waals surface area contributed by atoms with Crippen LogP contribution in [0.25, 0.3) is 11.4 Å². The molecule has 0 atom stereocenters.